The normalized spacial score (nSPS) is 35.4. The SMILES string of the molecule is O=C(COC(=O)C12CC3CC(CC(O)(C3)C1)C2)Nc1ccc2c(c1)OC(F)(F)O2. The Hall–Kier alpha value is -2.42. The molecule has 1 aromatic rings. The van der Waals surface area contributed by atoms with Crippen molar-refractivity contribution in [1.29, 1.82) is 0 Å². The third-order valence-electron chi connectivity index (χ3n) is 6.48. The number of anilines is 1. The topological polar surface area (TPSA) is 94.1 Å². The van der Waals surface area contributed by atoms with E-state index in [9.17, 15) is 23.5 Å². The highest BCUT2D eigenvalue weighted by Crippen LogP contribution is 2.62. The molecular weight excluding hydrogens is 388 g/mol. The predicted octanol–water partition coefficient (Wildman–Crippen LogP) is 2.82. The predicted molar refractivity (Wildman–Crippen MR) is 94.3 cm³/mol. The van der Waals surface area contributed by atoms with Gasteiger partial charge in [-0.15, -0.1) is 8.78 Å². The van der Waals surface area contributed by atoms with E-state index >= 15 is 0 Å². The van der Waals surface area contributed by atoms with E-state index in [-0.39, 0.29) is 17.2 Å². The number of hydrogen-bond donors (Lipinski definition) is 2. The number of benzene rings is 1. The van der Waals surface area contributed by atoms with Gasteiger partial charge in [-0.1, -0.05) is 0 Å². The fourth-order valence-corrected chi connectivity index (χ4v) is 5.96. The number of alkyl halides is 2. The highest BCUT2D eigenvalue weighted by molar-refractivity contribution is 5.93. The van der Waals surface area contributed by atoms with Crippen molar-refractivity contribution in [2.75, 3.05) is 11.9 Å². The van der Waals surface area contributed by atoms with E-state index in [1.807, 2.05) is 0 Å². The van der Waals surface area contributed by atoms with Crippen molar-refractivity contribution >= 4 is 17.6 Å². The van der Waals surface area contributed by atoms with Crippen molar-refractivity contribution in [2.24, 2.45) is 17.3 Å². The van der Waals surface area contributed by atoms with E-state index in [1.165, 1.54) is 18.2 Å². The molecule has 4 fully saturated rings. The van der Waals surface area contributed by atoms with Gasteiger partial charge in [0.05, 0.1) is 11.0 Å². The molecule has 29 heavy (non-hydrogen) atoms. The average molecular weight is 409 g/mol. The zero-order valence-electron chi connectivity index (χ0n) is 15.6. The van der Waals surface area contributed by atoms with Crippen LogP contribution in [0.1, 0.15) is 38.5 Å². The molecule has 7 nitrogen and oxygen atoms in total. The third-order valence-corrected chi connectivity index (χ3v) is 6.48. The minimum Gasteiger partial charge on any atom is -0.455 e. The van der Waals surface area contributed by atoms with Gasteiger partial charge in [-0.2, -0.15) is 0 Å². The summed E-state index contributed by atoms with van der Waals surface area (Å²) in [4.78, 5) is 25.0. The molecule has 1 aliphatic heterocycles. The molecule has 5 aliphatic rings. The summed E-state index contributed by atoms with van der Waals surface area (Å²) in [5.74, 6) is -0.688. The highest BCUT2D eigenvalue weighted by atomic mass is 19.3. The van der Waals surface area contributed by atoms with Gasteiger partial charge in [0.2, 0.25) is 0 Å². The van der Waals surface area contributed by atoms with Crippen molar-refractivity contribution in [3.05, 3.63) is 18.2 Å². The Kier molecular flexibility index (Phi) is 3.87. The number of carbonyl (C=O) groups excluding carboxylic acids is 2. The van der Waals surface area contributed by atoms with Crippen molar-refractivity contribution in [1.82, 2.24) is 0 Å². The maximum Gasteiger partial charge on any atom is 0.586 e. The summed E-state index contributed by atoms with van der Waals surface area (Å²) in [7, 11) is 0. The van der Waals surface area contributed by atoms with Crippen LogP contribution >= 0.6 is 0 Å². The number of rotatable bonds is 4. The van der Waals surface area contributed by atoms with Gasteiger partial charge >= 0.3 is 12.3 Å². The van der Waals surface area contributed by atoms with Crippen LogP contribution in [0.5, 0.6) is 11.5 Å². The van der Waals surface area contributed by atoms with Gasteiger partial charge in [-0.05, 0) is 62.5 Å². The maximum atomic E-state index is 13.1. The van der Waals surface area contributed by atoms with Crippen LogP contribution in [0.15, 0.2) is 18.2 Å². The molecule has 4 bridgehead atoms. The van der Waals surface area contributed by atoms with Crippen molar-refractivity contribution in [3.63, 3.8) is 0 Å². The lowest BCUT2D eigenvalue weighted by Gasteiger charge is -2.58. The molecule has 0 radical (unpaired) electrons. The number of esters is 1. The zero-order valence-corrected chi connectivity index (χ0v) is 15.6. The van der Waals surface area contributed by atoms with E-state index < -0.39 is 35.8 Å². The fraction of sp³-hybridized carbons (Fsp3) is 0.600. The number of amides is 1. The minimum absolute atomic E-state index is 0.126. The summed E-state index contributed by atoms with van der Waals surface area (Å²) in [6, 6.07) is 3.86. The highest BCUT2D eigenvalue weighted by Gasteiger charge is 2.61. The molecule has 2 N–H and O–H groups in total. The van der Waals surface area contributed by atoms with E-state index in [4.69, 9.17) is 4.74 Å². The molecule has 0 spiro atoms. The summed E-state index contributed by atoms with van der Waals surface area (Å²) in [5, 5.41) is 13.2. The van der Waals surface area contributed by atoms with Gasteiger partial charge in [-0.3, -0.25) is 9.59 Å². The largest absolute Gasteiger partial charge is 0.586 e. The van der Waals surface area contributed by atoms with E-state index in [0.29, 0.717) is 31.1 Å². The number of nitrogens with one attached hydrogen (secondary N) is 1. The van der Waals surface area contributed by atoms with Crippen molar-refractivity contribution in [2.45, 2.75) is 50.4 Å². The van der Waals surface area contributed by atoms with Crippen LogP contribution in [0.4, 0.5) is 14.5 Å². The summed E-state index contributed by atoms with van der Waals surface area (Å²) >= 11 is 0. The zero-order chi connectivity index (χ0) is 20.4. The Labute approximate surface area is 165 Å². The molecule has 6 rings (SSSR count). The first-order chi connectivity index (χ1) is 13.6. The lowest BCUT2D eigenvalue weighted by Crippen LogP contribution is -2.58. The lowest BCUT2D eigenvalue weighted by atomic mass is 9.48. The summed E-state index contributed by atoms with van der Waals surface area (Å²) in [6.07, 6.45) is 0.572. The van der Waals surface area contributed by atoms with Crippen LogP contribution in [0.2, 0.25) is 0 Å². The second-order valence-corrected chi connectivity index (χ2v) is 8.92. The van der Waals surface area contributed by atoms with Gasteiger partial charge < -0.3 is 24.6 Å². The molecule has 4 aliphatic carbocycles. The number of halogens is 2. The molecule has 156 valence electrons. The fourth-order valence-electron chi connectivity index (χ4n) is 5.96. The second kappa shape index (κ2) is 6.04. The summed E-state index contributed by atoms with van der Waals surface area (Å²) < 4.78 is 40.1. The molecule has 0 saturated heterocycles. The van der Waals surface area contributed by atoms with Crippen LogP contribution < -0.4 is 14.8 Å². The first-order valence-electron chi connectivity index (χ1n) is 9.73. The van der Waals surface area contributed by atoms with E-state index in [2.05, 4.69) is 14.8 Å². The van der Waals surface area contributed by atoms with Gasteiger partial charge in [-0.25, -0.2) is 0 Å². The van der Waals surface area contributed by atoms with Gasteiger partial charge in [0.25, 0.3) is 5.91 Å². The first-order valence-corrected chi connectivity index (χ1v) is 9.73. The summed E-state index contributed by atoms with van der Waals surface area (Å²) in [5.41, 5.74) is -1.28. The van der Waals surface area contributed by atoms with Crippen LogP contribution in [0, 0.1) is 17.3 Å². The Morgan fingerprint density at radius 2 is 1.83 bits per heavy atom. The molecule has 1 amide bonds. The molecular formula is C20H21F2NO6. The minimum atomic E-state index is -3.73. The van der Waals surface area contributed by atoms with Crippen molar-refractivity contribution < 1.29 is 37.7 Å². The van der Waals surface area contributed by atoms with Crippen LogP contribution in [0.3, 0.4) is 0 Å². The lowest BCUT2D eigenvalue weighted by molar-refractivity contribution is -0.286. The number of fused-ring (bicyclic) bond motifs is 1. The maximum absolute atomic E-state index is 13.1. The number of aliphatic hydroxyl groups is 1. The number of ether oxygens (including phenoxy) is 3. The van der Waals surface area contributed by atoms with E-state index in [1.54, 1.807) is 0 Å². The van der Waals surface area contributed by atoms with E-state index in [0.717, 1.165) is 19.3 Å². The smallest absolute Gasteiger partial charge is 0.455 e. The molecule has 2 unspecified atom stereocenters. The number of hydrogen-bond acceptors (Lipinski definition) is 6. The average Bonchev–Trinajstić information content (AvgIpc) is 2.90. The molecule has 1 heterocycles. The second-order valence-electron chi connectivity index (χ2n) is 8.92. The monoisotopic (exact) mass is 409 g/mol. The van der Waals surface area contributed by atoms with Crippen LogP contribution in [-0.4, -0.2) is 35.5 Å². The number of carbonyl (C=O) groups is 2. The molecule has 4 saturated carbocycles. The summed E-state index contributed by atoms with van der Waals surface area (Å²) in [6.45, 7) is -0.487. The Bertz CT molecular complexity index is 874. The van der Waals surface area contributed by atoms with Gasteiger partial charge in [0.15, 0.2) is 18.1 Å². The first kappa shape index (κ1) is 18.6. The van der Waals surface area contributed by atoms with Crippen molar-refractivity contribution in [3.8, 4) is 11.5 Å². The quantitative estimate of drug-likeness (QED) is 0.743. The molecule has 0 aromatic heterocycles. The Balaban J connectivity index is 1.19. The standard InChI is InChI=1S/C20H21F2NO6/c21-20(22)28-14-2-1-13(4-15(14)29-20)23-16(24)9-27-17(25)18-5-11-3-12(6-18)8-19(26,7-11)10-18/h1-2,4,11-12,26H,3,5-10H2,(H,23,24). The molecule has 9 heteroatoms. The van der Waals surface area contributed by atoms with Crippen LogP contribution in [0.25, 0.3) is 0 Å². The Morgan fingerprint density at radius 3 is 2.52 bits per heavy atom. The van der Waals surface area contributed by atoms with Gasteiger partial charge in [0, 0.05) is 11.8 Å². The molecule has 1 aromatic carbocycles. The molecule has 2 atom stereocenters. The van der Waals surface area contributed by atoms with Gasteiger partial charge in [0.1, 0.15) is 0 Å². The van der Waals surface area contributed by atoms with Crippen LogP contribution in [-0.2, 0) is 14.3 Å². The Morgan fingerprint density at radius 1 is 1.14 bits per heavy atom. The third kappa shape index (κ3) is 3.31.